The zero-order valence-corrected chi connectivity index (χ0v) is 28.3. The molecule has 6 rings (SSSR count). The predicted molar refractivity (Wildman–Crippen MR) is 181 cm³/mol. The average Bonchev–Trinajstić information content (AvgIpc) is 3.69. The van der Waals surface area contributed by atoms with Crippen LogP contribution in [0.2, 0.25) is 18.1 Å². The van der Waals surface area contributed by atoms with Gasteiger partial charge in [-0.25, -0.2) is 9.78 Å². The van der Waals surface area contributed by atoms with Crippen LogP contribution >= 0.6 is 0 Å². The number of nitrogens with zero attached hydrogens (tertiary/aromatic N) is 3. The zero-order valence-electron chi connectivity index (χ0n) is 27.3. The first kappa shape index (κ1) is 31.7. The summed E-state index contributed by atoms with van der Waals surface area (Å²) in [5.41, 5.74) is 3.25. The molecule has 10 nitrogen and oxygen atoms in total. The highest BCUT2D eigenvalue weighted by atomic mass is 28.4. The molecule has 2 fully saturated rings. The van der Waals surface area contributed by atoms with Gasteiger partial charge in [0, 0.05) is 36.5 Å². The fraction of sp³-hybridized carbons (Fsp3) is 0.429. The normalized spacial score (nSPS) is 23.3. The number of aromatic nitrogens is 2. The van der Waals surface area contributed by atoms with Gasteiger partial charge in [0.1, 0.15) is 11.5 Å². The van der Waals surface area contributed by atoms with Crippen molar-refractivity contribution >= 4 is 42.8 Å². The van der Waals surface area contributed by atoms with Crippen molar-refractivity contribution in [2.24, 2.45) is 5.92 Å². The van der Waals surface area contributed by atoms with Crippen LogP contribution in [0.3, 0.4) is 0 Å². The van der Waals surface area contributed by atoms with Crippen molar-refractivity contribution in [2.45, 2.75) is 76.2 Å². The SMILES string of the molecule is C[C@H]1CN(c2ccncc2NC(=O)c2ccc3cc([C@@H]4C[C@H]4c4ccccc4)oc3n2)C[C@@H](NC(=O)O)[C@H]1O[Si](C)(C)C(C)(C)C. The lowest BCUT2D eigenvalue weighted by molar-refractivity contribution is 0.0722. The second-order valence-electron chi connectivity index (χ2n) is 14.2. The molecule has 2 amide bonds. The van der Waals surface area contributed by atoms with Crippen molar-refractivity contribution < 1.29 is 23.5 Å². The summed E-state index contributed by atoms with van der Waals surface area (Å²) in [6, 6.07) is 17.4. The Bertz CT molecular complexity index is 1740. The minimum absolute atomic E-state index is 0.0154. The topological polar surface area (TPSA) is 130 Å². The second kappa shape index (κ2) is 12.2. The van der Waals surface area contributed by atoms with Crippen molar-refractivity contribution in [3.63, 3.8) is 0 Å². The summed E-state index contributed by atoms with van der Waals surface area (Å²) >= 11 is 0. The Kier molecular flexibility index (Phi) is 8.41. The van der Waals surface area contributed by atoms with E-state index >= 15 is 0 Å². The van der Waals surface area contributed by atoms with E-state index in [1.165, 1.54) is 5.56 Å². The molecule has 11 heteroatoms. The van der Waals surface area contributed by atoms with Crippen molar-refractivity contribution in [1.29, 1.82) is 0 Å². The van der Waals surface area contributed by atoms with Gasteiger partial charge in [0.2, 0.25) is 5.71 Å². The number of carbonyl (C=O) groups is 2. The molecule has 1 saturated carbocycles. The molecular formula is C35H43N5O5Si. The summed E-state index contributed by atoms with van der Waals surface area (Å²) < 4.78 is 12.9. The maximum atomic E-state index is 13.5. The van der Waals surface area contributed by atoms with Crippen LogP contribution in [0, 0.1) is 5.92 Å². The van der Waals surface area contributed by atoms with E-state index in [0.29, 0.717) is 36.3 Å². The van der Waals surface area contributed by atoms with E-state index in [4.69, 9.17) is 8.84 Å². The smallest absolute Gasteiger partial charge is 0.405 e. The fourth-order valence-corrected chi connectivity index (χ4v) is 7.66. The third kappa shape index (κ3) is 6.52. The Morgan fingerprint density at radius 2 is 1.83 bits per heavy atom. The lowest BCUT2D eigenvalue weighted by Gasteiger charge is -2.48. The Morgan fingerprint density at radius 1 is 1.07 bits per heavy atom. The van der Waals surface area contributed by atoms with E-state index < -0.39 is 20.5 Å². The molecule has 2 aliphatic rings. The molecule has 0 unspecified atom stereocenters. The summed E-state index contributed by atoms with van der Waals surface area (Å²) in [7, 11) is -2.17. The molecular weight excluding hydrogens is 599 g/mol. The lowest BCUT2D eigenvalue weighted by Crippen LogP contribution is -2.62. The first-order valence-electron chi connectivity index (χ1n) is 15.9. The summed E-state index contributed by atoms with van der Waals surface area (Å²) in [6.45, 7) is 14.0. The summed E-state index contributed by atoms with van der Waals surface area (Å²) in [6.07, 6.45) is 2.94. The van der Waals surface area contributed by atoms with E-state index in [0.717, 1.165) is 23.3 Å². The van der Waals surface area contributed by atoms with Crippen LogP contribution in [0.1, 0.15) is 67.8 Å². The van der Waals surface area contributed by atoms with E-state index in [1.54, 1.807) is 18.5 Å². The standard InChI is InChI=1S/C35H43N5O5Si/c1-21-19-40(20-28(39-34(42)43)31(21)45-46(5,6)35(2,3)4)29-14-15-36-18-27(29)37-32(41)26-13-12-23-16-30(44-33(23)38-26)25-17-24(25)22-10-8-7-9-11-22/h7-16,18,21,24-25,28,31,39H,17,19-20H2,1-6H3,(H,37,41)(H,42,43)/t21-,24-,25+,28+,31-/m0/s1. The maximum Gasteiger partial charge on any atom is 0.405 e. The second-order valence-corrected chi connectivity index (χ2v) is 19.0. The Hall–Kier alpha value is -4.22. The first-order valence-corrected chi connectivity index (χ1v) is 18.8. The highest BCUT2D eigenvalue weighted by molar-refractivity contribution is 6.74. The molecule has 5 atom stereocenters. The Balaban J connectivity index is 1.18. The summed E-state index contributed by atoms with van der Waals surface area (Å²) in [4.78, 5) is 36.3. The van der Waals surface area contributed by atoms with Crippen LogP contribution in [0.4, 0.5) is 16.2 Å². The molecule has 1 aromatic carbocycles. The number of rotatable bonds is 8. The molecule has 3 aromatic heterocycles. The van der Waals surface area contributed by atoms with Crippen molar-refractivity contribution in [1.82, 2.24) is 15.3 Å². The number of piperidine rings is 1. The zero-order chi connectivity index (χ0) is 32.8. The molecule has 1 saturated heterocycles. The van der Waals surface area contributed by atoms with Gasteiger partial charge in [-0.2, -0.15) is 0 Å². The lowest BCUT2D eigenvalue weighted by atomic mass is 9.92. The Labute approximate surface area is 270 Å². The molecule has 0 radical (unpaired) electrons. The maximum absolute atomic E-state index is 13.5. The van der Waals surface area contributed by atoms with Crippen molar-refractivity contribution in [3.8, 4) is 0 Å². The van der Waals surface area contributed by atoms with Crippen LogP contribution in [0.25, 0.3) is 11.1 Å². The summed E-state index contributed by atoms with van der Waals surface area (Å²) in [5.74, 6) is 1.27. The third-order valence-electron chi connectivity index (χ3n) is 9.83. The van der Waals surface area contributed by atoms with Crippen LogP contribution in [-0.4, -0.2) is 60.6 Å². The average molecular weight is 642 g/mol. The van der Waals surface area contributed by atoms with Gasteiger partial charge in [-0.3, -0.25) is 9.78 Å². The van der Waals surface area contributed by atoms with Gasteiger partial charge in [0.15, 0.2) is 8.32 Å². The minimum atomic E-state index is -2.17. The number of carboxylic acid groups (broad SMARTS) is 1. The molecule has 1 aliphatic heterocycles. The molecule has 4 aromatic rings. The van der Waals surface area contributed by atoms with Crippen LogP contribution < -0.4 is 15.5 Å². The third-order valence-corrected chi connectivity index (χ3v) is 14.3. The van der Waals surface area contributed by atoms with Gasteiger partial charge in [0.05, 0.1) is 29.7 Å². The van der Waals surface area contributed by atoms with Gasteiger partial charge >= 0.3 is 6.09 Å². The van der Waals surface area contributed by atoms with Crippen LogP contribution in [-0.2, 0) is 4.43 Å². The van der Waals surface area contributed by atoms with Crippen LogP contribution in [0.5, 0.6) is 0 Å². The largest absolute Gasteiger partial charge is 0.465 e. The van der Waals surface area contributed by atoms with E-state index in [2.05, 4.69) is 90.6 Å². The number of furan rings is 1. The van der Waals surface area contributed by atoms with E-state index in [-0.39, 0.29) is 28.7 Å². The van der Waals surface area contributed by atoms with Gasteiger partial charge in [-0.1, -0.05) is 58.0 Å². The van der Waals surface area contributed by atoms with Gasteiger partial charge in [0.25, 0.3) is 5.91 Å². The Morgan fingerprint density at radius 3 is 2.54 bits per heavy atom. The fourth-order valence-electron chi connectivity index (χ4n) is 6.23. The monoisotopic (exact) mass is 641 g/mol. The number of hydrogen-bond donors (Lipinski definition) is 3. The number of pyridine rings is 2. The minimum Gasteiger partial charge on any atom is -0.465 e. The number of hydrogen-bond acceptors (Lipinski definition) is 7. The van der Waals surface area contributed by atoms with Gasteiger partial charge in [-0.15, -0.1) is 0 Å². The van der Waals surface area contributed by atoms with E-state index in [9.17, 15) is 14.7 Å². The first-order chi connectivity index (χ1) is 21.8. The number of fused-ring (bicyclic) bond motifs is 1. The molecule has 3 N–H and O–H groups in total. The van der Waals surface area contributed by atoms with Gasteiger partial charge in [-0.05, 0) is 60.3 Å². The number of amides is 2. The van der Waals surface area contributed by atoms with Crippen molar-refractivity contribution in [2.75, 3.05) is 23.3 Å². The predicted octanol–water partition coefficient (Wildman–Crippen LogP) is 7.23. The number of benzene rings is 1. The van der Waals surface area contributed by atoms with Crippen molar-refractivity contribution in [3.05, 3.63) is 84.0 Å². The quantitative estimate of drug-likeness (QED) is 0.172. The molecule has 4 heterocycles. The number of nitrogens with one attached hydrogen (secondary N) is 2. The highest BCUT2D eigenvalue weighted by Gasteiger charge is 2.45. The van der Waals surface area contributed by atoms with Gasteiger partial charge < -0.3 is 29.5 Å². The molecule has 1 aliphatic carbocycles. The highest BCUT2D eigenvalue weighted by Crippen LogP contribution is 2.55. The molecule has 0 spiro atoms. The number of anilines is 2. The number of carbonyl (C=O) groups excluding carboxylic acids is 1. The molecule has 242 valence electrons. The van der Waals surface area contributed by atoms with E-state index in [1.807, 2.05) is 24.3 Å². The summed E-state index contributed by atoms with van der Waals surface area (Å²) in [5, 5.41) is 16.3. The molecule has 0 bridgehead atoms. The molecule has 46 heavy (non-hydrogen) atoms. The van der Waals surface area contributed by atoms with Crippen LogP contribution in [0.15, 0.2) is 71.4 Å².